The molecule has 0 aliphatic heterocycles. The number of H-pyrrole nitrogens is 1. The summed E-state index contributed by atoms with van der Waals surface area (Å²) in [5, 5.41) is 0.594. The van der Waals surface area contributed by atoms with Crippen LogP contribution >= 0.6 is 15.9 Å². The molecule has 1 heterocycles. The molecule has 18 heavy (non-hydrogen) atoms. The van der Waals surface area contributed by atoms with Crippen LogP contribution < -0.4 is 0 Å². The molecule has 2 nitrogen and oxygen atoms in total. The quantitative estimate of drug-likeness (QED) is 0.704. The van der Waals surface area contributed by atoms with Crippen LogP contribution in [0.3, 0.4) is 0 Å². The number of nitrogens with zero attached hydrogens (tertiary/aromatic N) is 1. The average Bonchev–Trinajstić information content (AvgIpc) is 2.81. The molecule has 90 valence electrons. The molecule has 0 amide bonds. The maximum Gasteiger partial charge on any atom is 0.141 e. The van der Waals surface area contributed by atoms with E-state index in [0.717, 1.165) is 16.6 Å². The van der Waals surface area contributed by atoms with Crippen molar-refractivity contribution >= 4 is 27.0 Å². The maximum atomic E-state index is 14.0. The molecule has 1 aromatic heterocycles. The van der Waals surface area contributed by atoms with Crippen molar-refractivity contribution in [2.45, 2.75) is 5.33 Å². The van der Waals surface area contributed by atoms with Gasteiger partial charge < -0.3 is 4.98 Å². The highest BCUT2D eigenvalue weighted by atomic mass is 79.9. The van der Waals surface area contributed by atoms with E-state index in [2.05, 4.69) is 25.9 Å². The molecule has 3 rings (SSSR count). The standard InChI is InChI=1S/C14H10BrFN2/c15-8-9-4-3-5-10(16)13(9)14-17-11-6-1-2-7-12(11)18-14/h1-7H,8H2,(H,17,18). The molecule has 3 aromatic rings. The first kappa shape index (κ1) is 11.4. The first-order chi connectivity index (χ1) is 8.79. The summed E-state index contributed by atoms with van der Waals surface area (Å²) < 4.78 is 14.0. The molecule has 0 aliphatic rings. The first-order valence-electron chi connectivity index (χ1n) is 5.58. The summed E-state index contributed by atoms with van der Waals surface area (Å²) in [5.41, 5.74) is 3.17. The van der Waals surface area contributed by atoms with E-state index >= 15 is 0 Å². The molecule has 1 N–H and O–H groups in total. The zero-order valence-electron chi connectivity index (χ0n) is 9.45. The molecule has 2 aromatic carbocycles. The van der Waals surface area contributed by atoms with E-state index in [9.17, 15) is 4.39 Å². The Labute approximate surface area is 112 Å². The topological polar surface area (TPSA) is 28.7 Å². The van der Waals surface area contributed by atoms with Crippen molar-refractivity contribution < 1.29 is 4.39 Å². The summed E-state index contributed by atoms with van der Waals surface area (Å²) in [7, 11) is 0. The van der Waals surface area contributed by atoms with Crippen LogP contribution in [-0.2, 0) is 5.33 Å². The number of hydrogen-bond acceptors (Lipinski definition) is 1. The van der Waals surface area contributed by atoms with E-state index < -0.39 is 0 Å². The molecule has 0 spiro atoms. The SMILES string of the molecule is Fc1cccc(CBr)c1-c1nc2ccccc2[nH]1. The van der Waals surface area contributed by atoms with Gasteiger partial charge in [0.15, 0.2) is 0 Å². The van der Waals surface area contributed by atoms with Crippen LogP contribution in [0.4, 0.5) is 4.39 Å². The summed E-state index contributed by atoms with van der Waals surface area (Å²) >= 11 is 3.38. The summed E-state index contributed by atoms with van der Waals surface area (Å²) in [5.74, 6) is 0.315. The van der Waals surface area contributed by atoms with Gasteiger partial charge in [0.25, 0.3) is 0 Å². The van der Waals surface area contributed by atoms with Crippen molar-refractivity contribution in [2.24, 2.45) is 0 Å². The van der Waals surface area contributed by atoms with Gasteiger partial charge in [-0.25, -0.2) is 9.37 Å². The summed E-state index contributed by atoms with van der Waals surface area (Å²) in [6.07, 6.45) is 0. The van der Waals surface area contributed by atoms with E-state index in [0.29, 0.717) is 16.7 Å². The lowest BCUT2D eigenvalue weighted by atomic mass is 10.1. The largest absolute Gasteiger partial charge is 0.338 e. The molecule has 0 saturated heterocycles. The van der Waals surface area contributed by atoms with Gasteiger partial charge in [-0.15, -0.1) is 0 Å². The Balaban J connectivity index is 2.25. The third-order valence-electron chi connectivity index (χ3n) is 2.87. The number of imidazole rings is 1. The fraction of sp³-hybridized carbons (Fsp3) is 0.0714. The number of rotatable bonds is 2. The van der Waals surface area contributed by atoms with Crippen molar-refractivity contribution in [3.8, 4) is 11.4 Å². The number of halogens is 2. The van der Waals surface area contributed by atoms with Crippen molar-refractivity contribution in [3.05, 3.63) is 53.8 Å². The minimum absolute atomic E-state index is 0.258. The lowest BCUT2D eigenvalue weighted by Gasteiger charge is -2.05. The van der Waals surface area contributed by atoms with E-state index in [4.69, 9.17) is 0 Å². The number of aromatic amines is 1. The van der Waals surface area contributed by atoms with Crippen LogP contribution in [0.15, 0.2) is 42.5 Å². The Hall–Kier alpha value is -1.68. The van der Waals surface area contributed by atoms with Crippen LogP contribution in [0.2, 0.25) is 0 Å². The summed E-state index contributed by atoms with van der Waals surface area (Å²) in [4.78, 5) is 7.59. The molecular formula is C14H10BrFN2. The fourth-order valence-corrected chi connectivity index (χ4v) is 2.48. The minimum Gasteiger partial charge on any atom is -0.338 e. The third-order valence-corrected chi connectivity index (χ3v) is 3.47. The predicted molar refractivity (Wildman–Crippen MR) is 74.1 cm³/mol. The van der Waals surface area contributed by atoms with Crippen LogP contribution in [0.5, 0.6) is 0 Å². The fourth-order valence-electron chi connectivity index (χ4n) is 2.02. The van der Waals surface area contributed by atoms with Gasteiger partial charge in [-0.05, 0) is 23.8 Å². The normalized spacial score (nSPS) is 11.0. The van der Waals surface area contributed by atoms with E-state index in [1.54, 1.807) is 6.07 Å². The zero-order valence-corrected chi connectivity index (χ0v) is 11.0. The number of nitrogens with one attached hydrogen (secondary N) is 1. The highest BCUT2D eigenvalue weighted by Crippen LogP contribution is 2.27. The van der Waals surface area contributed by atoms with Crippen molar-refractivity contribution in [1.29, 1.82) is 0 Å². The molecule has 4 heteroatoms. The smallest absolute Gasteiger partial charge is 0.141 e. The van der Waals surface area contributed by atoms with Crippen molar-refractivity contribution in [2.75, 3.05) is 0 Å². The minimum atomic E-state index is -0.258. The van der Waals surface area contributed by atoms with Gasteiger partial charge in [-0.3, -0.25) is 0 Å². The lowest BCUT2D eigenvalue weighted by Crippen LogP contribution is -1.92. The maximum absolute atomic E-state index is 14.0. The van der Waals surface area contributed by atoms with E-state index in [1.165, 1.54) is 6.07 Å². The molecule has 0 atom stereocenters. The van der Waals surface area contributed by atoms with Gasteiger partial charge in [0.1, 0.15) is 11.6 Å². The number of hydrogen-bond donors (Lipinski definition) is 1. The van der Waals surface area contributed by atoms with Gasteiger partial charge in [-0.1, -0.05) is 40.2 Å². The Morgan fingerprint density at radius 3 is 2.72 bits per heavy atom. The summed E-state index contributed by atoms with van der Waals surface area (Å²) in [6, 6.07) is 12.7. The van der Waals surface area contributed by atoms with E-state index in [-0.39, 0.29) is 5.82 Å². The van der Waals surface area contributed by atoms with Gasteiger partial charge in [-0.2, -0.15) is 0 Å². The van der Waals surface area contributed by atoms with Crippen molar-refractivity contribution in [1.82, 2.24) is 9.97 Å². The Morgan fingerprint density at radius 1 is 1.11 bits per heavy atom. The highest BCUT2D eigenvalue weighted by Gasteiger charge is 2.13. The Bertz CT molecular complexity index is 673. The van der Waals surface area contributed by atoms with Gasteiger partial charge in [0, 0.05) is 5.33 Å². The average molecular weight is 305 g/mol. The monoisotopic (exact) mass is 304 g/mol. The molecule has 0 unspecified atom stereocenters. The van der Waals surface area contributed by atoms with Crippen LogP contribution in [0.25, 0.3) is 22.4 Å². The molecule has 0 saturated carbocycles. The first-order valence-corrected chi connectivity index (χ1v) is 6.70. The van der Waals surface area contributed by atoms with Crippen LogP contribution in [-0.4, -0.2) is 9.97 Å². The number of fused-ring (bicyclic) bond motifs is 1. The second kappa shape index (κ2) is 4.53. The van der Waals surface area contributed by atoms with Gasteiger partial charge >= 0.3 is 0 Å². The van der Waals surface area contributed by atoms with Crippen molar-refractivity contribution in [3.63, 3.8) is 0 Å². The molecule has 0 bridgehead atoms. The number of para-hydroxylation sites is 2. The number of alkyl halides is 1. The summed E-state index contributed by atoms with van der Waals surface area (Å²) in [6.45, 7) is 0. The highest BCUT2D eigenvalue weighted by molar-refractivity contribution is 9.08. The lowest BCUT2D eigenvalue weighted by molar-refractivity contribution is 0.629. The van der Waals surface area contributed by atoms with Gasteiger partial charge in [0.2, 0.25) is 0 Å². The Kier molecular flexibility index (Phi) is 2.88. The predicted octanol–water partition coefficient (Wildman–Crippen LogP) is 4.26. The Morgan fingerprint density at radius 2 is 1.94 bits per heavy atom. The van der Waals surface area contributed by atoms with Crippen LogP contribution in [0, 0.1) is 5.82 Å². The second-order valence-corrected chi connectivity index (χ2v) is 4.57. The third kappa shape index (κ3) is 1.82. The molecule has 0 aliphatic carbocycles. The molecule has 0 fully saturated rings. The number of aromatic nitrogens is 2. The second-order valence-electron chi connectivity index (χ2n) is 4.01. The zero-order chi connectivity index (χ0) is 12.5. The number of benzene rings is 2. The molecular weight excluding hydrogens is 295 g/mol. The van der Waals surface area contributed by atoms with Gasteiger partial charge in [0.05, 0.1) is 16.6 Å². The van der Waals surface area contributed by atoms with Crippen LogP contribution in [0.1, 0.15) is 5.56 Å². The van der Waals surface area contributed by atoms with E-state index in [1.807, 2.05) is 30.3 Å². The molecule has 0 radical (unpaired) electrons.